The molecule has 0 fully saturated rings. The Balaban J connectivity index is 2.29. The highest BCUT2D eigenvalue weighted by Gasteiger charge is 2.43. The van der Waals surface area contributed by atoms with Crippen LogP contribution in [0.4, 0.5) is 0 Å². The molecule has 32 heavy (non-hydrogen) atoms. The number of likely N-dealkylation sites (N-methyl/N-ethyl adjacent to an activating group) is 1. The van der Waals surface area contributed by atoms with Crippen LogP contribution < -0.4 is 23.7 Å². The van der Waals surface area contributed by atoms with Crippen LogP contribution in [0.25, 0.3) is 0 Å². The van der Waals surface area contributed by atoms with E-state index in [0.29, 0.717) is 23.0 Å². The molecule has 1 unspecified atom stereocenters. The summed E-state index contributed by atoms with van der Waals surface area (Å²) in [7, 11) is 8.21. The van der Waals surface area contributed by atoms with Crippen LogP contribution in [0.15, 0.2) is 24.3 Å². The third-order valence-electron chi connectivity index (χ3n) is 6.71. The van der Waals surface area contributed by atoms with Gasteiger partial charge < -0.3 is 33.3 Å². The molecular weight excluding hydrogens is 410 g/mol. The fourth-order valence-electron chi connectivity index (χ4n) is 5.06. The molecule has 2 aromatic rings. The molecule has 2 atom stereocenters. The topological polar surface area (TPSA) is 66.4 Å². The summed E-state index contributed by atoms with van der Waals surface area (Å²) in [6.07, 6.45) is 1.66. The Morgan fingerprint density at radius 1 is 0.844 bits per heavy atom. The van der Waals surface area contributed by atoms with Crippen LogP contribution in [0, 0.1) is 0 Å². The third kappa shape index (κ3) is 4.19. The van der Waals surface area contributed by atoms with Crippen LogP contribution >= 0.6 is 0 Å². The van der Waals surface area contributed by atoms with Gasteiger partial charge in [-0.1, -0.05) is 0 Å². The van der Waals surface area contributed by atoms with E-state index < -0.39 is 0 Å². The van der Waals surface area contributed by atoms with Gasteiger partial charge in [0.2, 0.25) is 5.75 Å². The van der Waals surface area contributed by atoms with Gasteiger partial charge in [-0.25, -0.2) is 0 Å². The third-order valence-corrected chi connectivity index (χ3v) is 6.71. The molecule has 0 bridgehead atoms. The first-order chi connectivity index (χ1) is 15.5. The summed E-state index contributed by atoms with van der Waals surface area (Å²) in [4.78, 5) is 0. The van der Waals surface area contributed by atoms with Gasteiger partial charge in [0.15, 0.2) is 23.0 Å². The predicted molar refractivity (Wildman–Crippen MR) is 123 cm³/mol. The van der Waals surface area contributed by atoms with Crippen molar-refractivity contribution in [2.24, 2.45) is 0 Å². The molecule has 1 aliphatic heterocycles. The van der Waals surface area contributed by atoms with E-state index in [1.807, 2.05) is 12.1 Å². The van der Waals surface area contributed by atoms with Crippen molar-refractivity contribution in [1.82, 2.24) is 0 Å². The first-order valence-corrected chi connectivity index (χ1v) is 11.0. The Labute approximate surface area is 191 Å². The van der Waals surface area contributed by atoms with Crippen molar-refractivity contribution in [2.75, 3.05) is 61.8 Å². The van der Waals surface area contributed by atoms with Crippen LogP contribution in [0.3, 0.4) is 0 Å². The van der Waals surface area contributed by atoms with E-state index in [9.17, 15) is 5.11 Å². The van der Waals surface area contributed by atoms with Gasteiger partial charge >= 0.3 is 0 Å². The largest absolute Gasteiger partial charge is 0.493 e. The monoisotopic (exact) mass is 446 g/mol. The number of nitrogens with zero attached hydrogens (tertiary/aromatic N) is 1. The van der Waals surface area contributed by atoms with E-state index in [0.717, 1.165) is 48.3 Å². The maximum Gasteiger partial charge on any atom is 0.203 e. The summed E-state index contributed by atoms with van der Waals surface area (Å²) in [5, 5.41) is 9.64. The average molecular weight is 447 g/mol. The zero-order chi connectivity index (χ0) is 23.3. The molecule has 2 aromatic carbocycles. The molecule has 1 aliphatic rings. The van der Waals surface area contributed by atoms with Crippen LogP contribution in [-0.4, -0.2) is 71.4 Å². The second kappa shape index (κ2) is 10.3. The summed E-state index contributed by atoms with van der Waals surface area (Å²) in [6.45, 7) is 5.13. The highest BCUT2D eigenvalue weighted by atomic mass is 16.5. The minimum atomic E-state index is 0.0174. The molecule has 0 saturated heterocycles. The highest BCUT2D eigenvalue weighted by Crippen LogP contribution is 2.48. The Morgan fingerprint density at radius 3 is 1.94 bits per heavy atom. The van der Waals surface area contributed by atoms with Crippen molar-refractivity contribution < 1.29 is 33.3 Å². The van der Waals surface area contributed by atoms with Crippen molar-refractivity contribution >= 4 is 0 Å². The number of hydrogen-bond acceptors (Lipinski definition) is 6. The summed E-state index contributed by atoms with van der Waals surface area (Å²) in [5.74, 6) is 3.28. The quantitative estimate of drug-likeness (QED) is 0.563. The Kier molecular flexibility index (Phi) is 7.74. The maximum atomic E-state index is 9.64. The van der Waals surface area contributed by atoms with Gasteiger partial charge in [0.25, 0.3) is 0 Å². The van der Waals surface area contributed by atoms with Gasteiger partial charge in [0.1, 0.15) is 6.04 Å². The molecule has 1 N–H and O–H groups in total. The normalized spacial score (nSPS) is 19.8. The fourth-order valence-corrected chi connectivity index (χ4v) is 5.06. The number of benzene rings is 2. The highest BCUT2D eigenvalue weighted by molar-refractivity contribution is 5.57. The molecule has 176 valence electrons. The summed E-state index contributed by atoms with van der Waals surface area (Å²) in [6, 6.07) is 8.29. The Morgan fingerprint density at radius 2 is 1.44 bits per heavy atom. The number of fused-ring (bicyclic) bond motifs is 1. The molecule has 7 heteroatoms. The second-order valence-electron chi connectivity index (χ2n) is 8.08. The first-order valence-electron chi connectivity index (χ1n) is 11.0. The average Bonchev–Trinajstić information content (AvgIpc) is 2.85. The van der Waals surface area contributed by atoms with Crippen molar-refractivity contribution in [3.8, 4) is 28.7 Å². The molecule has 0 aromatic heterocycles. The number of ether oxygens (including phenoxy) is 5. The molecule has 0 saturated carbocycles. The summed E-state index contributed by atoms with van der Waals surface area (Å²) < 4.78 is 28.9. The van der Waals surface area contributed by atoms with Gasteiger partial charge in [-0.3, -0.25) is 0 Å². The molecule has 0 radical (unpaired) electrons. The number of aliphatic hydroxyl groups excluding tert-OH is 1. The van der Waals surface area contributed by atoms with Crippen LogP contribution in [0.1, 0.15) is 36.1 Å². The SMILES string of the molecule is CC[N+]1(CCCO)CCc2cc(OC)c(OC)cc2[C@@H]1c1cc(OC)c(OC)c(OC)c1. The summed E-state index contributed by atoms with van der Waals surface area (Å²) >= 11 is 0. The lowest BCUT2D eigenvalue weighted by atomic mass is 9.84. The van der Waals surface area contributed by atoms with E-state index in [1.165, 1.54) is 11.1 Å². The zero-order valence-electron chi connectivity index (χ0n) is 20.1. The summed E-state index contributed by atoms with van der Waals surface area (Å²) in [5.41, 5.74) is 3.52. The number of methoxy groups -OCH3 is 5. The smallest absolute Gasteiger partial charge is 0.203 e. The van der Waals surface area contributed by atoms with E-state index in [4.69, 9.17) is 23.7 Å². The lowest BCUT2D eigenvalue weighted by Crippen LogP contribution is -2.55. The number of aliphatic hydroxyl groups is 1. The van der Waals surface area contributed by atoms with Crippen LogP contribution in [0.2, 0.25) is 0 Å². The Bertz CT molecular complexity index is 906. The lowest BCUT2D eigenvalue weighted by molar-refractivity contribution is -0.952. The lowest BCUT2D eigenvalue weighted by Gasteiger charge is -2.48. The molecule has 3 rings (SSSR count). The van der Waals surface area contributed by atoms with Gasteiger partial charge in [0, 0.05) is 30.6 Å². The van der Waals surface area contributed by atoms with Crippen molar-refractivity contribution in [2.45, 2.75) is 25.8 Å². The maximum absolute atomic E-state index is 9.64. The number of quaternary nitrogens is 1. The van der Waals surface area contributed by atoms with Crippen molar-refractivity contribution in [3.05, 3.63) is 41.0 Å². The predicted octanol–water partition coefficient (Wildman–Crippen LogP) is 3.59. The van der Waals surface area contributed by atoms with E-state index in [-0.39, 0.29) is 12.6 Å². The molecule has 1 heterocycles. The standard InChI is InChI=1S/C25H36NO6/c1-7-26(10-8-12-27)11-9-17-13-20(28-2)21(29-3)16-19(17)24(26)18-14-22(30-4)25(32-6)23(15-18)31-5/h13-16,24,27H,7-12H2,1-6H3/q+1/t24-,26?/m0/s1. The molecule has 7 nitrogen and oxygen atoms in total. The Hall–Kier alpha value is -2.64. The van der Waals surface area contributed by atoms with Crippen molar-refractivity contribution in [3.63, 3.8) is 0 Å². The molecule has 0 spiro atoms. The number of hydrogen-bond donors (Lipinski definition) is 1. The van der Waals surface area contributed by atoms with Crippen LogP contribution in [0.5, 0.6) is 28.7 Å². The van der Waals surface area contributed by atoms with Gasteiger partial charge in [-0.15, -0.1) is 0 Å². The minimum absolute atomic E-state index is 0.0174. The molecular formula is C25H36NO6+. The van der Waals surface area contributed by atoms with E-state index >= 15 is 0 Å². The number of rotatable bonds is 10. The fraction of sp³-hybridized carbons (Fsp3) is 0.520. The van der Waals surface area contributed by atoms with Gasteiger partial charge in [-0.05, 0) is 36.8 Å². The van der Waals surface area contributed by atoms with Crippen LogP contribution in [-0.2, 0) is 6.42 Å². The molecule has 0 aliphatic carbocycles. The first kappa shape index (κ1) is 24.0. The minimum Gasteiger partial charge on any atom is -0.493 e. The van der Waals surface area contributed by atoms with Gasteiger partial charge in [-0.2, -0.15) is 0 Å². The second-order valence-corrected chi connectivity index (χ2v) is 8.08. The zero-order valence-corrected chi connectivity index (χ0v) is 20.1. The molecule has 0 amide bonds. The van der Waals surface area contributed by atoms with E-state index in [2.05, 4.69) is 19.1 Å². The van der Waals surface area contributed by atoms with Gasteiger partial charge in [0.05, 0.1) is 55.2 Å². The van der Waals surface area contributed by atoms with Crippen molar-refractivity contribution in [1.29, 1.82) is 0 Å². The van der Waals surface area contributed by atoms with E-state index in [1.54, 1.807) is 35.5 Å².